The van der Waals surface area contributed by atoms with Gasteiger partial charge >= 0.3 is 8.80 Å². The average Bonchev–Trinajstić information content (AvgIpc) is 3.21. The molecule has 0 unspecified atom stereocenters. The Labute approximate surface area is 355 Å². The van der Waals surface area contributed by atoms with Gasteiger partial charge in [-0.15, -0.1) is 0 Å². The summed E-state index contributed by atoms with van der Waals surface area (Å²) in [4.78, 5) is 0. The Morgan fingerprint density at radius 3 is 0.607 bits per heavy atom. The zero-order chi connectivity index (χ0) is 40.6. The summed E-state index contributed by atoms with van der Waals surface area (Å²) in [7, 11) is -2.71. The fourth-order valence-corrected chi connectivity index (χ4v) is 10.9. The van der Waals surface area contributed by atoms with Crippen LogP contribution >= 0.6 is 0 Å². The molecule has 0 bridgehead atoms. The van der Waals surface area contributed by atoms with Crippen molar-refractivity contribution in [2.45, 2.75) is 303 Å². The first-order valence-corrected chi connectivity index (χ1v) is 28.3. The van der Waals surface area contributed by atoms with Gasteiger partial charge in [0.1, 0.15) is 0 Å². The molecule has 338 valence electrons. The molecular weight excluding hydrogens is 703 g/mol. The molecule has 0 saturated carbocycles. The normalized spacial score (nSPS) is 12.0. The van der Waals surface area contributed by atoms with Gasteiger partial charge in [-0.3, -0.25) is 0 Å². The van der Waals surface area contributed by atoms with Gasteiger partial charge in [0.15, 0.2) is 0 Å². The minimum absolute atomic E-state index is 0.682. The molecule has 0 aromatic rings. The monoisotopic (exact) mass is 810 g/mol. The number of hydrogen-bond acceptors (Lipinski definition) is 4. The van der Waals surface area contributed by atoms with Crippen LogP contribution in [0.2, 0.25) is 6.04 Å². The van der Waals surface area contributed by atoms with Gasteiger partial charge in [0.05, 0.1) is 0 Å². The van der Waals surface area contributed by atoms with E-state index in [9.17, 15) is 0 Å². The van der Waals surface area contributed by atoms with Crippen LogP contribution in [0.1, 0.15) is 297 Å². The molecule has 0 spiro atoms. The molecule has 0 radical (unpaired) electrons. The van der Waals surface area contributed by atoms with Gasteiger partial charge in [-0.2, -0.15) is 0 Å². The Kier molecular flexibility index (Phi) is 49.5. The molecular formula is C51H107NO3Si. The molecule has 0 aliphatic carbocycles. The van der Waals surface area contributed by atoms with Crippen molar-refractivity contribution in [3.63, 3.8) is 0 Å². The largest absolute Gasteiger partial charge is 0.501 e. The van der Waals surface area contributed by atoms with E-state index in [2.05, 4.69) is 20.8 Å². The SMILES string of the molecule is CCCCCCCCCCCCCCCCO[Si](CCCN)(OCCCCCCCCCCCCCCCC)OCCCCCCCCCCCCCCCC. The van der Waals surface area contributed by atoms with Crippen LogP contribution < -0.4 is 5.73 Å². The van der Waals surface area contributed by atoms with Crippen LogP contribution in [0.5, 0.6) is 0 Å². The second kappa shape index (κ2) is 49.4. The molecule has 0 fully saturated rings. The second-order valence-electron chi connectivity index (χ2n) is 17.9. The van der Waals surface area contributed by atoms with Crippen LogP contribution in [0.25, 0.3) is 0 Å². The first-order chi connectivity index (χ1) is 27.7. The fraction of sp³-hybridized carbons (Fsp3) is 1.00. The van der Waals surface area contributed by atoms with Gasteiger partial charge in [0.25, 0.3) is 0 Å². The maximum atomic E-state index is 6.72. The highest BCUT2D eigenvalue weighted by atomic mass is 28.4. The highest BCUT2D eigenvalue weighted by Gasteiger charge is 2.40. The molecule has 0 atom stereocenters. The van der Waals surface area contributed by atoms with E-state index in [-0.39, 0.29) is 0 Å². The third-order valence-corrected chi connectivity index (χ3v) is 15.0. The van der Waals surface area contributed by atoms with Crippen molar-refractivity contribution in [1.29, 1.82) is 0 Å². The standard InChI is InChI=1S/C51H107NO3Si/c1-4-7-10-13-16-19-22-25-28-31-34-37-40-43-48-53-56(51-46-47-52,54-49-44-41-38-35-32-29-26-23-20-17-14-11-8-5-2)55-50-45-42-39-36-33-30-27-24-21-18-15-12-9-6-3/h4-52H2,1-3H3. The van der Waals surface area contributed by atoms with Crippen molar-refractivity contribution in [1.82, 2.24) is 0 Å². The third kappa shape index (κ3) is 43.6. The molecule has 4 nitrogen and oxygen atoms in total. The third-order valence-electron chi connectivity index (χ3n) is 12.1. The molecule has 0 rings (SSSR count). The summed E-state index contributed by atoms with van der Waals surface area (Å²) in [5.74, 6) is 0. The van der Waals surface area contributed by atoms with E-state index in [1.807, 2.05) is 0 Å². The van der Waals surface area contributed by atoms with Crippen LogP contribution in [0, 0.1) is 0 Å². The minimum Gasteiger partial charge on any atom is -0.373 e. The Morgan fingerprint density at radius 1 is 0.250 bits per heavy atom. The van der Waals surface area contributed by atoms with Crippen LogP contribution in [0.4, 0.5) is 0 Å². The van der Waals surface area contributed by atoms with Gasteiger partial charge in [0.2, 0.25) is 0 Å². The predicted molar refractivity (Wildman–Crippen MR) is 253 cm³/mol. The number of nitrogens with two attached hydrogens (primary N) is 1. The molecule has 0 aromatic carbocycles. The summed E-state index contributed by atoms with van der Waals surface area (Å²) < 4.78 is 20.1. The molecule has 0 saturated heterocycles. The molecule has 0 aliphatic heterocycles. The van der Waals surface area contributed by atoms with Gasteiger partial charge < -0.3 is 19.0 Å². The minimum atomic E-state index is -2.71. The Balaban J connectivity index is 4.41. The van der Waals surface area contributed by atoms with Crippen LogP contribution in [0.3, 0.4) is 0 Å². The number of unbranched alkanes of at least 4 members (excludes halogenated alkanes) is 39. The molecule has 2 N–H and O–H groups in total. The van der Waals surface area contributed by atoms with Crippen molar-refractivity contribution in [3.05, 3.63) is 0 Å². The summed E-state index contributed by atoms with van der Waals surface area (Å²) in [5, 5.41) is 0. The summed E-state index contributed by atoms with van der Waals surface area (Å²) in [6.07, 6.45) is 58.9. The summed E-state index contributed by atoms with van der Waals surface area (Å²) >= 11 is 0. The lowest BCUT2D eigenvalue weighted by atomic mass is 10.0. The van der Waals surface area contributed by atoms with E-state index in [1.165, 1.54) is 250 Å². The summed E-state index contributed by atoms with van der Waals surface area (Å²) in [6, 6.07) is 0.874. The first-order valence-electron chi connectivity index (χ1n) is 26.4. The quantitative estimate of drug-likeness (QED) is 0.0491. The lowest BCUT2D eigenvalue weighted by molar-refractivity contribution is 0.0549. The molecule has 0 aromatic heterocycles. The zero-order valence-corrected chi connectivity index (χ0v) is 40.2. The van der Waals surface area contributed by atoms with E-state index in [4.69, 9.17) is 19.0 Å². The predicted octanol–water partition coefficient (Wildman–Crippen LogP) is 17.8. The molecule has 0 amide bonds. The Morgan fingerprint density at radius 2 is 0.429 bits per heavy atom. The second-order valence-corrected chi connectivity index (χ2v) is 20.6. The fourth-order valence-electron chi connectivity index (χ4n) is 8.23. The van der Waals surface area contributed by atoms with Gasteiger partial charge in [-0.05, 0) is 32.2 Å². The van der Waals surface area contributed by atoms with Gasteiger partial charge in [-0.25, -0.2) is 0 Å². The lowest BCUT2D eigenvalue weighted by Gasteiger charge is -2.30. The highest BCUT2D eigenvalue weighted by molar-refractivity contribution is 6.60. The average molecular weight is 811 g/mol. The van der Waals surface area contributed by atoms with E-state index < -0.39 is 8.80 Å². The summed E-state index contributed by atoms with van der Waals surface area (Å²) in [6.45, 7) is 9.95. The smallest absolute Gasteiger partial charge is 0.373 e. The Hall–Kier alpha value is 0.0569. The maximum Gasteiger partial charge on any atom is 0.501 e. The van der Waals surface area contributed by atoms with Gasteiger partial charge in [0, 0.05) is 25.9 Å². The van der Waals surface area contributed by atoms with Crippen LogP contribution in [-0.2, 0) is 13.3 Å². The van der Waals surface area contributed by atoms with Crippen molar-refractivity contribution in [2.75, 3.05) is 26.4 Å². The van der Waals surface area contributed by atoms with Crippen LogP contribution in [0.15, 0.2) is 0 Å². The Bertz CT molecular complexity index is 611. The molecule has 0 heterocycles. The van der Waals surface area contributed by atoms with E-state index >= 15 is 0 Å². The highest BCUT2D eigenvalue weighted by Crippen LogP contribution is 2.22. The van der Waals surface area contributed by atoms with Crippen molar-refractivity contribution < 1.29 is 13.3 Å². The summed E-state index contributed by atoms with van der Waals surface area (Å²) in [5.41, 5.74) is 6.05. The lowest BCUT2D eigenvalue weighted by Crippen LogP contribution is -2.47. The number of hydrogen-bond donors (Lipinski definition) is 1. The molecule has 5 heteroatoms. The van der Waals surface area contributed by atoms with Gasteiger partial charge in [-0.1, -0.05) is 271 Å². The maximum absolute atomic E-state index is 6.72. The van der Waals surface area contributed by atoms with E-state index in [1.54, 1.807) is 0 Å². The number of rotatable bonds is 51. The zero-order valence-electron chi connectivity index (χ0n) is 39.2. The molecule has 56 heavy (non-hydrogen) atoms. The first kappa shape index (κ1) is 56.1. The van der Waals surface area contributed by atoms with Crippen molar-refractivity contribution >= 4 is 8.80 Å². The van der Waals surface area contributed by atoms with Crippen LogP contribution in [-0.4, -0.2) is 35.2 Å². The van der Waals surface area contributed by atoms with Crippen molar-refractivity contribution in [2.24, 2.45) is 5.73 Å². The van der Waals surface area contributed by atoms with E-state index in [0.717, 1.165) is 51.5 Å². The topological polar surface area (TPSA) is 53.7 Å². The molecule has 0 aliphatic rings. The van der Waals surface area contributed by atoms with E-state index in [0.29, 0.717) is 6.54 Å². The van der Waals surface area contributed by atoms with Crippen molar-refractivity contribution in [3.8, 4) is 0 Å².